The van der Waals surface area contributed by atoms with Gasteiger partial charge in [-0.05, 0) is 24.6 Å². The van der Waals surface area contributed by atoms with Crippen LogP contribution in [0, 0.1) is 0 Å². The van der Waals surface area contributed by atoms with E-state index in [9.17, 15) is 0 Å². The molecule has 1 aromatic carbocycles. The van der Waals surface area contributed by atoms with Gasteiger partial charge in [0.25, 0.3) is 0 Å². The molecule has 0 unspecified atom stereocenters. The van der Waals surface area contributed by atoms with E-state index in [0.29, 0.717) is 25.9 Å². The van der Waals surface area contributed by atoms with Crippen LogP contribution in [0.4, 0.5) is 0 Å². The van der Waals surface area contributed by atoms with Gasteiger partial charge in [-0.15, -0.1) is 0 Å². The van der Waals surface area contributed by atoms with Crippen LogP contribution in [0.25, 0.3) is 0 Å². The van der Waals surface area contributed by atoms with Gasteiger partial charge in [-0.3, -0.25) is 0 Å². The van der Waals surface area contributed by atoms with Crippen molar-refractivity contribution >= 4 is 0 Å². The Morgan fingerprint density at radius 3 is 2.84 bits per heavy atom. The summed E-state index contributed by atoms with van der Waals surface area (Å²) in [6.07, 6.45) is 3.96. The highest BCUT2D eigenvalue weighted by Crippen LogP contribution is 2.13. The van der Waals surface area contributed by atoms with E-state index in [4.69, 9.17) is 9.47 Å². The number of benzene rings is 1. The van der Waals surface area contributed by atoms with Gasteiger partial charge < -0.3 is 14.8 Å². The van der Waals surface area contributed by atoms with E-state index in [2.05, 4.69) is 31.3 Å². The molecule has 0 amide bonds. The molecule has 0 saturated heterocycles. The van der Waals surface area contributed by atoms with Crippen LogP contribution in [-0.2, 0) is 11.3 Å². The highest BCUT2D eigenvalue weighted by Gasteiger charge is 1.98. The summed E-state index contributed by atoms with van der Waals surface area (Å²) in [5.74, 6) is 0.901. The van der Waals surface area contributed by atoms with Crippen LogP contribution < -0.4 is 10.1 Å². The lowest BCUT2D eigenvalue weighted by Gasteiger charge is -2.10. The third kappa shape index (κ3) is 7.65. The van der Waals surface area contributed by atoms with Crippen LogP contribution in [-0.4, -0.2) is 25.9 Å². The number of ether oxygens (including phenoxy) is 2. The van der Waals surface area contributed by atoms with Crippen molar-refractivity contribution in [2.75, 3.05) is 19.8 Å². The lowest BCUT2D eigenvalue weighted by atomic mass is 10.2. The Labute approximate surface area is 116 Å². The summed E-state index contributed by atoms with van der Waals surface area (Å²) >= 11 is 0. The van der Waals surface area contributed by atoms with E-state index in [0.717, 1.165) is 12.3 Å². The molecule has 0 saturated carbocycles. The van der Waals surface area contributed by atoms with Crippen LogP contribution >= 0.6 is 0 Å². The number of rotatable bonds is 9. The Balaban J connectivity index is 2.27. The zero-order chi connectivity index (χ0) is 13.9. The van der Waals surface area contributed by atoms with Crippen LogP contribution in [0.1, 0.15) is 26.3 Å². The lowest BCUT2D eigenvalue weighted by molar-refractivity contribution is 0.121. The van der Waals surface area contributed by atoms with Crippen LogP contribution in [0.5, 0.6) is 5.75 Å². The zero-order valence-corrected chi connectivity index (χ0v) is 12.2. The molecule has 0 atom stereocenters. The summed E-state index contributed by atoms with van der Waals surface area (Å²) in [5.41, 5.74) is 1.24. The predicted octanol–water partition coefficient (Wildman–Crippen LogP) is 3.16. The normalized spacial score (nSPS) is 11.4. The molecular formula is C16H25NO2. The third-order valence-corrected chi connectivity index (χ3v) is 2.56. The fourth-order valence-corrected chi connectivity index (χ4v) is 1.53. The molecule has 3 heteroatoms. The van der Waals surface area contributed by atoms with E-state index in [1.165, 1.54) is 5.56 Å². The SMILES string of the molecule is C/C=C/COCCOc1cccc(CNC(C)C)c1. The van der Waals surface area contributed by atoms with Gasteiger partial charge in [-0.1, -0.05) is 38.1 Å². The highest BCUT2D eigenvalue weighted by atomic mass is 16.5. The number of hydrogen-bond acceptors (Lipinski definition) is 3. The summed E-state index contributed by atoms with van der Waals surface area (Å²) in [7, 11) is 0. The molecule has 19 heavy (non-hydrogen) atoms. The Kier molecular flexibility index (Phi) is 7.94. The first-order valence-corrected chi connectivity index (χ1v) is 6.86. The summed E-state index contributed by atoms with van der Waals surface area (Å²) in [5, 5.41) is 3.39. The Bertz CT molecular complexity index is 375. The quantitative estimate of drug-likeness (QED) is 0.548. The number of nitrogens with one attached hydrogen (secondary N) is 1. The molecule has 106 valence electrons. The monoisotopic (exact) mass is 263 g/mol. The van der Waals surface area contributed by atoms with E-state index in [-0.39, 0.29) is 0 Å². The molecule has 0 radical (unpaired) electrons. The van der Waals surface area contributed by atoms with Crippen molar-refractivity contribution in [1.29, 1.82) is 0 Å². The molecule has 1 aromatic rings. The fourth-order valence-electron chi connectivity index (χ4n) is 1.53. The average molecular weight is 263 g/mol. The summed E-state index contributed by atoms with van der Waals surface area (Å²) in [6, 6.07) is 8.66. The fraction of sp³-hybridized carbons (Fsp3) is 0.500. The van der Waals surface area contributed by atoms with Gasteiger partial charge in [0, 0.05) is 12.6 Å². The van der Waals surface area contributed by atoms with Gasteiger partial charge >= 0.3 is 0 Å². The molecule has 1 N–H and O–H groups in total. The smallest absolute Gasteiger partial charge is 0.119 e. The summed E-state index contributed by atoms with van der Waals surface area (Å²) in [4.78, 5) is 0. The molecule has 0 bridgehead atoms. The zero-order valence-electron chi connectivity index (χ0n) is 12.2. The summed E-state index contributed by atoms with van der Waals surface area (Å²) < 4.78 is 11.0. The van der Waals surface area contributed by atoms with Crippen molar-refractivity contribution in [3.8, 4) is 5.75 Å². The molecule has 0 aliphatic carbocycles. The van der Waals surface area contributed by atoms with Gasteiger partial charge in [0.05, 0.1) is 13.2 Å². The Morgan fingerprint density at radius 1 is 1.26 bits per heavy atom. The molecule has 0 spiro atoms. The molecule has 0 aliphatic rings. The van der Waals surface area contributed by atoms with Crippen molar-refractivity contribution in [1.82, 2.24) is 5.32 Å². The largest absolute Gasteiger partial charge is 0.491 e. The van der Waals surface area contributed by atoms with Gasteiger partial charge in [0.1, 0.15) is 12.4 Å². The van der Waals surface area contributed by atoms with E-state index in [1.807, 2.05) is 31.2 Å². The Morgan fingerprint density at radius 2 is 2.11 bits per heavy atom. The van der Waals surface area contributed by atoms with Crippen LogP contribution in [0.15, 0.2) is 36.4 Å². The second-order valence-corrected chi connectivity index (χ2v) is 4.68. The van der Waals surface area contributed by atoms with Crippen molar-refractivity contribution in [2.45, 2.75) is 33.4 Å². The van der Waals surface area contributed by atoms with Crippen LogP contribution in [0.2, 0.25) is 0 Å². The molecule has 0 aliphatic heterocycles. The van der Waals surface area contributed by atoms with Crippen molar-refractivity contribution < 1.29 is 9.47 Å². The van der Waals surface area contributed by atoms with E-state index < -0.39 is 0 Å². The first-order valence-electron chi connectivity index (χ1n) is 6.86. The maximum atomic E-state index is 5.66. The Hall–Kier alpha value is -1.32. The maximum Gasteiger partial charge on any atom is 0.119 e. The summed E-state index contributed by atoms with van der Waals surface area (Å²) in [6.45, 7) is 8.98. The van der Waals surface area contributed by atoms with Crippen LogP contribution in [0.3, 0.4) is 0 Å². The van der Waals surface area contributed by atoms with E-state index in [1.54, 1.807) is 0 Å². The lowest BCUT2D eigenvalue weighted by Crippen LogP contribution is -2.21. The first kappa shape index (κ1) is 15.7. The third-order valence-electron chi connectivity index (χ3n) is 2.56. The van der Waals surface area contributed by atoms with Gasteiger partial charge in [0.2, 0.25) is 0 Å². The van der Waals surface area contributed by atoms with Crippen molar-refractivity contribution in [3.05, 3.63) is 42.0 Å². The number of hydrogen-bond donors (Lipinski definition) is 1. The van der Waals surface area contributed by atoms with Crippen molar-refractivity contribution in [2.24, 2.45) is 0 Å². The topological polar surface area (TPSA) is 30.5 Å². The minimum atomic E-state index is 0.490. The van der Waals surface area contributed by atoms with Gasteiger partial charge in [-0.25, -0.2) is 0 Å². The molecule has 1 rings (SSSR count). The highest BCUT2D eigenvalue weighted by molar-refractivity contribution is 5.28. The maximum absolute atomic E-state index is 5.66. The standard InChI is InChI=1S/C16H25NO2/c1-4-5-9-18-10-11-19-16-8-6-7-15(12-16)13-17-14(2)3/h4-8,12,14,17H,9-11,13H2,1-3H3/b5-4+. The second kappa shape index (κ2) is 9.59. The molecule has 0 heterocycles. The minimum Gasteiger partial charge on any atom is -0.491 e. The minimum absolute atomic E-state index is 0.490. The molecular weight excluding hydrogens is 238 g/mol. The molecule has 3 nitrogen and oxygen atoms in total. The first-order chi connectivity index (χ1) is 9.22. The van der Waals surface area contributed by atoms with E-state index >= 15 is 0 Å². The second-order valence-electron chi connectivity index (χ2n) is 4.68. The van der Waals surface area contributed by atoms with Crippen molar-refractivity contribution in [3.63, 3.8) is 0 Å². The van der Waals surface area contributed by atoms with Gasteiger partial charge in [0.15, 0.2) is 0 Å². The molecule has 0 fully saturated rings. The number of allylic oxidation sites excluding steroid dienone is 1. The van der Waals surface area contributed by atoms with Gasteiger partial charge in [-0.2, -0.15) is 0 Å². The predicted molar refractivity (Wildman–Crippen MR) is 79.5 cm³/mol. The molecule has 0 aromatic heterocycles. The average Bonchev–Trinajstić information content (AvgIpc) is 2.41.